The first-order valence-electron chi connectivity index (χ1n) is 9.09. The number of nitrogens with zero attached hydrogens (tertiary/aromatic N) is 3. The van der Waals surface area contributed by atoms with Gasteiger partial charge in [0.2, 0.25) is 0 Å². The summed E-state index contributed by atoms with van der Waals surface area (Å²) in [5.74, 6) is 1.85. The minimum atomic E-state index is -0.194. The molecule has 132 valence electrons. The first kappa shape index (κ1) is 16.5. The number of rotatable bonds is 3. The van der Waals surface area contributed by atoms with Crippen LogP contribution in [0.5, 0.6) is 0 Å². The van der Waals surface area contributed by atoms with Gasteiger partial charge in [0, 0.05) is 25.8 Å². The van der Waals surface area contributed by atoms with Gasteiger partial charge in [-0.2, -0.15) is 0 Å². The predicted octanol–water partition coefficient (Wildman–Crippen LogP) is 2.84. The quantitative estimate of drug-likeness (QED) is 0.860. The van der Waals surface area contributed by atoms with Gasteiger partial charge in [0.05, 0.1) is 19.3 Å². The summed E-state index contributed by atoms with van der Waals surface area (Å²) in [6.07, 6.45) is 4.90. The zero-order valence-corrected chi connectivity index (χ0v) is 14.7. The van der Waals surface area contributed by atoms with E-state index in [0.717, 1.165) is 50.6 Å². The van der Waals surface area contributed by atoms with E-state index in [2.05, 4.69) is 41.1 Å². The van der Waals surface area contributed by atoms with Crippen molar-refractivity contribution in [2.24, 2.45) is 0 Å². The Bertz CT molecular complexity index is 701. The molecule has 1 aromatic heterocycles. The van der Waals surface area contributed by atoms with Crippen LogP contribution in [0.2, 0.25) is 0 Å². The summed E-state index contributed by atoms with van der Waals surface area (Å²) >= 11 is 0. The number of hydrogen-bond acceptors (Lipinski definition) is 5. The maximum atomic E-state index is 6.28. The highest BCUT2D eigenvalue weighted by atomic mass is 16.6. The van der Waals surface area contributed by atoms with Gasteiger partial charge in [0.15, 0.2) is 0 Å². The Morgan fingerprint density at radius 1 is 1.24 bits per heavy atom. The van der Waals surface area contributed by atoms with Crippen molar-refractivity contribution in [2.75, 3.05) is 31.2 Å². The van der Waals surface area contributed by atoms with Crippen molar-refractivity contribution < 1.29 is 9.47 Å². The standard InChI is InChI=1S/C20H25N3O2/c1-16-13-23(14-20(25-16)9-5-11-24-15-20)19-8-10-21-18(22-19)12-17-6-3-2-4-7-17/h2-4,6-8,10,16H,5,9,11-15H2,1H3/t16-,20-/m0/s1. The lowest BCUT2D eigenvalue weighted by atomic mass is 9.93. The van der Waals surface area contributed by atoms with Crippen molar-refractivity contribution in [1.29, 1.82) is 0 Å². The molecule has 0 radical (unpaired) electrons. The van der Waals surface area contributed by atoms with Crippen molar-refractivity contribution in [2.45, 2.75) is 37.9 Å². The Kier molecular flexibility index (Phi) is 4.68. The van der Waals surface area contributed by atoms with Gasteiger partial charge < -0.3 is 14.4 Å². The lowest BCUT2D eigenvalue weighted by Crippen LogP contribution is -2.58. The monoisotopic (exact) mass is 339 g/mol. The Morgan fingerprint density at radius 2 is 2.12 bits per heavy atom. The number of benzene rings is 1. The fourth-order valence-corrected chi connectivity index (χ4v) is 3.87. The predicted molar refractivity (Wildman–Crippen MR) is 96.8 cm³/mol. The smallest absolute Gasteiger partial charge is 0.135 e. The molecule has 25 heavy (non-hydrogen) atoms. The number of ether oxygens (including phenoxy) is 2. The van der Waals surface area contributed by atoms with Gasteiger partial charge in [0.25, 0.3) is 0 Å². The normalized spacial score (nSPS) is 26.8. The second kappa shape index (κ2) is 7.10. The second-order valence-corrected chi connectivity index (χ2v) is 7.14. The summed E-state index contributed by atoms with van der Waals surface area (Å²) in [5, 5.41) is 0. The molecular weight excluding hydrogens is 314 g/mol. The number of hydrogen-bond donors (Lipinski definition) is 0. The molecule has 0 amide bonds. The van der Waals surface area contributed by atoms with E-state index in [9.17, 15) is 0 Å². The van der Waals surface area contributed by atoms with Crippen LogP contribution in [0.4, 0.5) is 5.82 Å². The van der Waals surface area contributed by atoms with Crippen molar-refractivity contribution >= 4 is 5.82 Å². The molecule has 5 heteroatoms. The third-order valence-corrected chi connectivity index (χ3v) is 4.91. The third kappa shape index (κ3) is 3.83. The second-order valence-electron chi connectivity index (χ2n) is 7.14. The fourth-order valence-electron chi connectivity index (χ4n) is 3.87. The molecule has 0 N–H and O–H groups in total. The topological polar surface area (TPSA) is 47.5 Å². The van der Waals surface area contributed by atoms with Gasteiger partial charge in [-0.25, -0.2) is 9.97 Å². The highest BCUT2D eigenvalue weighted by molar-refractivity contribution is 5.40. The molecule has 0 aliphatic carbocycles. The van der Waals surface area contributed by atoms with Gasteiger partial charge in [-0.3, -0.25) is 0 Å². The van der Waals surface area contributed by atoms with Gasteiger partial charge >= 0.3 is 0 Å². The maximum absolute atomic E-state index is 6.28. The van der Waals surface area contributed by atoms with E-state index < -0.39 is 0 Å². The maximum Gasteiger partial charge on any atom is 0.135 e. The highest BCUT2D eigenvalue weighted by Crippen LogP contribution is 2.31. The molecule has 4 rings (SSSR count). The molecule has 0 unspecified atom stereocenters. The first-order chi connectivity index (χ1) is 12.2. The average Bonchev–Trinajstić information content (AvgIpc) is 2.63. The molecule has 0 bridgehead atoms. The molecule has 2 aliphatic heterocycles. The van der Waals surface area contributed by atoms with Gasteiger partial charge in [-0.05, 0) is 31.4 Å². The lowest BCUT2D eigenvalue weighted by molar-refractivity contribution is -0.160. The van der Waals surface area contributed by atoms with Crippen LogP contribution in [-0.2, 0) is 15.9 Å². The molecule has 2 saturated heterocycles. The van der Waals surface area contributed by atoms with Crippen molar-refractivity contribution in [3.63, 3.8) is 0 Å². The summed E-state index contributed by atoms with van der Waals surface area (Å²) in [4.78, 5) is 11.6. The van der Waals surface area contributed by atoms with E-state index in [1.165, 1.54) is 5.56 Å². The van der Waals surface area contributed by atoms with Crippen LogP contribution in [0.1, 0.15) is 31.2 Å². The van der Waals surface area contributed by atoms with Gasteiger partial charge in [-0.15, -0.1) is 0 Å². The fraction of sp³-hybridized carbons (Fsp3) is 0.500. The summed E-state index contributed by atoms with van der Waals surface area (Å²) < 4.78 is 12.0. The average molecular weight is 339 g/mol. The molecular formula is C20H25N3O2. The summed E-state index contributed by atoms with van der Waals surface area (Å²) in [6.45, 7) is 5.33. The third-order valence-electron chi connectivity index (χ3n) is 4.91. The van der Waals surface area contributed by atoms with E-state index in [-0.39, 0.29) is 11.7 Å². The van der Waals surface area contributed by atoms with Crippen LogP contribution in [0, 0.1) is 0 Å². The van der Waals surface area contributed by atoms with Crippen molar-refractivity contribution in [3.05, 3.63) is 54.0 Å². The van der Waals surface area contributed by atoms with Crippen LogP contribution in [0.25, 0.3) is 0 Å². The molecule has 5 nitrogen and oxygen atoms in total. The Morgan fingerprint density at radius 3 is 2.92 bits per heavy atom. The minimum absolute atomic E-state index is 0.169. The molecule has 1 spiro atoms. The molecule has 3 heterocycles. The highest BCUT2D eigenvalue weighted by Gasteiger charge is 2.41. The Hall–Kier alpha value is -1.98. The van der Waals surface area contributed by atoms with E-state index in [1.54, 1.807) is 0 Å². The van der Waals surface area contributed by atoms with Crippen LogP contribution >= 0.6 is 0 Å². The minimum Gasteiger partial charge on any atom is -0.378 e. The number of anilines is 1. The SMILES string of the molecule is C[C@H]1CN(c2ccnc(Cc3ccccc3)n2)C[C@]2(CCCOC2)O1. The van der Waals surface area contributed by atoms with Crippen LogP contribution in [0.15, 0.2) is 42.6 Å². The van der Waals surface area contributed by atoms with E-state index >= 15 is 0 Å². The lowest BCUT2D eigenvalue weighted by Gasteiger charge is -2.47. The van der Waals surface area contributed by atoms with E-state index in [4.69, 9.17) is 14.5 Å². The molecule has 2 aromatic rings. The molecule has 0 saturated carbocycles. The molecule has 2 aliphatic rings. The van der Waals surface area contributed by atoms with Gasteiger partial charge in [0.1, 0.15) is 17.2 Å². The molecule has 2 atom stereocenters. The van der Waals surface area contributed by atoms with Crippen molar-refractivity contribution in [3.8, 4) is 0 Å². The van der Waals surface area contributed by atoms with E-state index in [0.29, 0.717) is 6.61 Å². The number of aromatic nitrogens is 2. The first-order valence-corrected chi connectivity index (χ1v) is 9.09. The van der Waals surface area contributed by atoms with Crippen LogP contribution in [0.3, 0.4) is 0 Å². The van der Waals surface area contributed by atoms with E-state index in [1.807, 2.05) is 18.3 Å². The van der Waals surface area contributed by atoms with Crippen molar-refractivity contribution in [1.82, 2.24) is 9.97 Å². The van der Waals surface area contributed by atoms with Gasteiger partial charge in [-0.1, -0.05) is 30.3 Å². The van der Waals surface area contributed by atoms with Crippen LogP contribution < -0.4 is 4.90 Å². The zero-order chi connectivity index (χ0) is 17.1. The largest absolute Gasteiger partial charge is 0.378 e. The molecule has 1 aromatic carbocycles. The zero-order valence-electron chi connectivity index (χ0n) is 14.7. The molecule has 2 fully saturated rings. The summed E-state index contributed by atoms with van der Waals surface area (Å²) in [5.41, 5.74) is 1.03. The van der Waals surface area contributed by atoms with Crippen LogP contribution in [-0.4, -0.2) is 48.0 Å². The summed E-state index contributed by atoms with van der Waals surface area (Å²) in [6, 6.07) is 12.4. The Labute approximate surface area is 149 Å². The summed E-state index contributed by atoms with van der Waals surface area (Å²) in [7, 11) is 0. The number of morpholine rings is 1. The Balaban J connectivity index is 1.53.